The van der Waals surface area contributed by atoms with Crippen molar-refractivity contribution >= 4 is 0 Å². The molecule has 0 aliphatic heterocycles. The summed E-state index contributed by atoms with van der Waals surface area (Å²) in [7, 11) is 1.70. The minimum absolute atomic E-state index is 0.255. The van der Waals surface area contributed by atoms with E-state index in [1.54, 1.807) is 7.11 Å². The molecule has 2 N–H and O–H groups in total. The monoisotopic (exact) mass is 175 g/mol. The summed E-state index contributed by atoms with van der Waals surface area (Å²) in [4.78, 5) is 0. The topological polar surface area (TPSA) is 41.5 Å². The van der Waals surface area contributed by atoms with Crippen molar-refractivity contribution in [3.63, 3.8) is 0 Å². The Balaban J connectivity index is 3.53. The second-order valence-corrected chi connectivity index (χ2v) is 3.14. The third-order valence-corrected chi connectivity index (χ3v) is 1.91. The highest BCUT2D eigenvalue weighted by Gasteiger charge is 2.08. The number of aliphatic hydroxyl groups is 1. The highest BCUT2D eigenvalue weighted by atomic mass is 16.5. The van der Waals surface area contributed by atoms with Crippen LogP contribution in [0.5, 0.6) is 0 Å². The van der Waals surface area contributed by atoms with Crippen molar-refractivity contribution in [1.29, 1.82) is 0 Å². The summed E-state index contributed by atoms with van der Waals surface area (Å²) in [6.07, 6.45) is 1.87. The molecule has 0 bridgehead atoms. The standard InChI is InChI=1S/C9H21NO2/c1-4-9(5-6-11)10-8(2)7-12-3/h8-11H,4-7H2,1-3H3. The summed E-state index contributed by atoms with van der Waals surface area (Å²) in [6, 6.07) is 0.784. The lowest BCUT2D eigenvalue weighted by Gasteiger charge is -2.20. The van der Waals surface area contributed by atoms with Crippen LogP contribution in [0, 0.1) is 0 Å². The molecule has 0 fully saturated rings. The van der Waals surface area contributed by atoms with Crippen molar-refractivity contribution < 1.29 is 9.84 Å². The Kier molecular flexibility index (Phi) is 7.45. The molecular formula is C9H21NO2. The second-order valence-electron chi connectivity index (χ2n) is 3.14. The molecule has 2 unspecified atom stereocenters. The summed E-state index contributed by atoms with van der Waals surface area (Å²) < 4.78 is 5.00. The van der Waals surface area contributed by atoms with Gasteiger partial charge in [0.05, 0.1) is 6.61 Å². The lowest BCUT2D eigenvalue weighted by molar-refractivity contribution is 0.161. The third-order valence-electron chi connectivity index (χ3n) is 1.91. The molecule has 0 aromatic carbocycles. The number of ether oxygens (including phenoxy) is 1. The highest BCUT2D eigenvalue weighted by Crippen LogP contribution is 1.98. The molecule has 0 spiro atoms. The molecule has 12 heavy (non-hydrogen) atoms. The molecule has 3 heteroatoms. The van der Waals surface area contributed by atoms with Crippen LogP contribution in [0.25, 0.3) is 0 Å². The van der Waals surface area contributed by atoms with Gasteiger partial charge in [0.1, 0.15) is 0 Å². The van der Waals surface area contributed by atoms with E-state index in [1.807, 2.05) is 0 Å². The van der Waals surface area contributed by atoms with Crippen molar-refractivity contribution in [2.45, 2.75) is 38.8 Å². The summed E-state index contributed by atoms with van der Waals surface area (Å²) >= 11 is 0. The second kappa shape index (κ2) is 7.53. The minimum atomic E-state index is 0.255. The van der Waals surface area contributed by atoms with Crippen LogP contribution >= 0.6 is 0 Å². The number of methoxy groups -OCH3 is 1. The molecule has 0 aromatic heterocycles. The molecule has 0 aromatic rings. The summed E-state index contributed by atoms with van der Waals surface area (Å²) in [5, 5.41) is 12.1. The fraction of sp³-hybridized carbons (Fsp3) is 1.00. The van der Waals surface area contributed by atoms with E-state index in [9.17, 15) is 0 Å². The lowest BCUT2D eigenvalue weighted by Crippen LogP contribution is -2.39. The van der Waals surface area contributed by atoms with Crippen LogP contribution in [0.1, 0.15) is 26.7 Å². The first kappa shape index (κ1) is 11.9. The smallest absolute Gasteiger partial charge is 0.0613 e. The first-order valence-electron chi connectivity index (χ1n) is 4.60. The Morgan fingerprint density at radius 3 is 2.58 bits per heavy atom. The average Bonchev–Trinajstić information content (AvgIpc) is 2.04. The first-order chi connectivity index (χ1) is 5.74. The first-order valence-corrected chi connectivity index (χ1v) is 4.60. The van der Waals surface area contributed by atoms with E-state index >= 15 is 0 Å². The highest BCUT2D eigenvalue weighted by molar-refractivity contribution is 4.69. The average molecular weight is 175 g/mol. The number of rotatable bonds is 7. The SMILES string of the molecule is CCC(CCO)NC(C)COC. The Bertz CT molecular complexity index is 98.5. The van der Waals surface area contributed by atoms with E-state index in [0.29, 0.717) is 12.1 Å². The number of hydrogen-bond acceptors (Lipinski definition) is 3. The third kappa shape index (κ3) is 5.52. The van der Waals surface area contributed by atoms with Crippen LogP contribution in [-0.2, 0) is 4.74 Å². The van der Waals surface area contributed by atoms with Crippen LogP contribution in [-0.4, -0.2) is 37.5 Å². The Hall–Kier alpha value is -0.120. The molecule has 0 amide bonds. The number of hydrogen-bond donors (Lipinski definition) is 2. The van der Waals surface area contributed by atoms with Gasteiger partial charge in [0, 0.05) is 25.8 Å². The maximum absolute atomic E-state index is 8.74. The molecule has 0 radical (unpaired) electrons. The summed E-state index contributed by atoms with van der Waals surface area (Å²) in [6.45, 7) is 5.18. The molecule has 0 saturated heterocycles. The Morgan fingerprint density at radius 2 is 2.17 bits per heavy atom. The maximum atomic E-state index is 8.74. The largest absolute Gasteiger partial charge is 0.396 e. The number of nitrogens with one attached hydrogen (secondary N) is 1. The molecule has 0 heterocycles. The molecule has 3 nitrogen and oxygen atoms in total. The maximum Gasteiger partial charge on any atom is 0.0613 e. The molecule has 74 valence electrons. The van der Waals surface area contributed by atoms with Gasteiger partial charge in [-0.3, -0.25) is 0 Å². The van der Waals surface area contributed by atoms with Gasteiger partial charge >= 0.3 is 0 Å². The van der Waals surface area contributed by atoms with E-state index in [0.717, 1.165) is 19.4 Å². The van der Waals surface area contributed by atoms with E-state index < -0.39 is 0 Å². The Labute approximate surface area is 75.1 Å². The van der Waals surface area contributed by atoms with Gasteiger partial charge in [-0.1, -0.05) is 6.92 Å². The van der Waals surface area contributed by atoms with Crippen LogP contribution in [0.2, 0.25) is 0 Å². The molecule has 0 aliphatic rings. The molecule has 0 rings (SSSR count). The predicted octanol–water partition coefficient (Wildman–Crippen LogP) is 0.772. The van der Waals surface area contributed by atoms with E-state index in [4.69, 9.17) is 9.84 Å². The minimum Gasteiger partial charge on any atom is -0.396 e. The fourth-order valence-electron chi connectivity index (χ4n) is 1.26. The van der Waals surface area contributed by atoms with Crippen molar-refractivity contribution in [2.75, 3.05) is 20.3 Å². The van der Waals surface area contributed by atoms with Crippen LogP contribution in [0.3, 0.4) is 0 Å². The normalized spacial score (nSPS) is 16.0. The van der Waals surface area contributed by atoms with Crippen LogP contribution in [0.15, 0.2) is 0 Å². The molecule has 0 saturated carbocycles. The van der Waals surface area contributed by atoms with Crippen molar-refractivity contribution in [3.8, 4) is 0 Å². The lowest BCUT2D eigenvalue weighted by atomic mass is 10.1. The van der Waals surface area contributed by atoms with Gasteiger partial charge in [0.25, 0.3) is 0 Å². The van der Waals surface area contributed by atoms with Gasteiger partial charge in [0.2, 0.25) is 0 Å². The Morgan fingerprint density at radius 1 is 1.50 bits per heavy atom. The molecule has 0 aliphatic carbocycles. The van der Waals surface area contributed by atoms with Gasteiger partial charge in [-0.05, 0) is 19.8 Å². The quantitative estimate of drug-likeness (QED) is 0.600. The van der Waals surface area contributed by atoms with Gasteiger partial charge < -0.3 is 15.2 Å². The van der Waals surface area contributed by atoms with E-state index in [2.05, 4.69) is 19.2 Å². The zero-order chi connectivity index (χ0) is 9.40. The van der Waals surface area contributed by atoms with Crippen molar-refractivity contribution in [1.82, 2.24) is 5.32 Å². The molecule has 2 atom stereocenters. The summed E-state index contributed by atoms with van der Waals surface area (Å²) in [5.74, 6) is 0. The van der Waals surface area contributed by atoms with Crippen molar-refractivity contribution in [2.24, 2.45) is 0 Å². The number of aliphatic hydroxyl groups excluding tert-OH is 1. The summed E-state index contributed by atoms with van der Waals surface area (Å²) in [5.41, 5.74) is 0. The van der Waals surface area contributed by atoms with Gasteiger partial charge in [-0.15, -0.1) is 0 Å². The zero-order valence-electron chi connectivity index (χ0n) is 8.34. The van der Waals surface area contributed by atoms with Gasteiger partial charge in [0.15, 0.2) is 0 Å². The predicted molar refractivity (Wildman–Crippen MR) is 50.3 cm³/mol. The zero-order valence-corrected chi connectivity index (χ0v) is 8.34. The molecular weight excluding hydrogens is 154 g/mol. The van der Waals surface area contributed by atoms with E-state index in [1.165, 1.54) is 0 Å². The fourth-order valence-corrected chi connectivity index (χ4v) is 1.26. The van der Waals surface area contributed by atoms with Crippen LogP contribution in [0.4, 0.5) is 0 Å². The van der Waals surface area contributed by atoms with Gasteiger partial charge in [-0.2, -0.15) is 0 Å². The van der Waals surface area contributed by atoms with Crippen LogP contribution < -0.4 is 5.32 Å². The van der Waals surface area contributed by atoms with Gasteiger partial charge in [-0.25, -0.2) is 0 Å². The van der Waals surface area contributed by atoms with Crippen molar-refractivity contribution in [3.05, 3.63) is 0 Å². The van der Waals surface area contributed by atoms with E-state index in [-0.39, 0.29) is 6.61 Å².